The third kappa shape index (κ3) is 4.98. The normalized spacial score (nSPS) is 11.6. The molecule has 1 heterocycles. The molecule has 29 heavy (non-hydrogen) atoms. The molecule has 0 atom stereocenters. The van der Waals surface area contributed by atoms with Gasteiger partial charge in [-0.05, 0) is 47.5 Å². The highest BCUT2D eigenvalue weighted by Crippen LogP contribution is 2.33. The van der Waals surface area contributed by atoms with E-state index in [1.54, 1.807) is 0 Å². The molecule has 0 amide bonds. The fraction of sp³-hybridized carbons (Fsp3) is 0.105. The molecule has 0 saturated carbocycles. The molecule has 0 aliphatic heterocycles. The third-order valence-corrected chi connectivity index (χ3v) is 3.80. The minimum Gasteiger partial charge on any atom is -0.406 e. The van der Waals surface area contributed by atoms with Gasteiger partial charge in [0.1, 0.15) is 28.9 Å². The first-order chi connectivity index (χ1) is 13.6. The van der Waals surface area contributed by atoms with Gasteiger partial charge in [0, 0.05) is 6.20 Å². The average molecular weight is 412 g/mol. The van der Waals surface area contributed by atoms with E-state index >= 15 is 0 Å². The van der Waals surface area contributed by atoms with Crippen molar-refractivity contribution < 1.29 is 36.9 Å². The number of aromatic nitrogens is 1. The Morgan fingerprint density at radius 3 is 2.24 bits per heavy atom. The van der Waals surface area contributed by atoms with Gasteiger partial charge in [-0.25, -0.2) is 13.8 Å². The first-order valence-corrected chi connectivity index (χ1v) is 8.07. The maximum Gasteiger partial charge on any atom is 0.573 e. The van der Waals surface area contributed by atoms with Gasteiger partial charge in [0.2, 0.25) is 0 Å². The van der Waals surface area contributed by atoms with Crippen molar-refractivity contribution in [3.8, 4) is 16.9 Å². The first kappa shape index (κ1) is 20.5. The summed E-state index contributed by atoms with van der Waals surface area (Å²) in [5, 5.41) is 21.0. The van der Waals surface area contributed by atoms with E-state index in [1.807, 2.05) is 0 Å². The van der Waals surface area contributed by atoms with Crippen LogP contribution in [0.4, 0.5) is 33.5 Å². The highest BCUT2D eigenvalue weighted by molar-refractivity contribution is 5.70. The Kier molecular flexibility index (Phi) is 5.66. The molecule has 5 nitrogen and oxygen atoms in total. The molecule has 3 rings (SSSR count). The van der Waals surface area contributed by atoms with Crippen LogP contribution in [0.2, 0.25) is 0 Å². The molecule has 0 aliphatic carbocycles. The fourth-order valence-corrected chi connectivity index (χ4v) is 2.58. The molecule has 2 aromatic carbocycles. The zero-order chi connectivity index (χ0) is 21.2. The zero-order valence-corrected chi connectivity index (χ0v) is 14.4. The summed E-state index contributed by atoms with van der Waals surface area (Å²) in [4.78, 5) is 3.82. The number of aliphatic hydroxyl groups is 2. The number of pyridine rings is 1. The Morgan fingerprint density at radius 2 is 1.62 bits per heavy atom. The largest absolute Gasteiger partial charge is 0.573 e. The topological polar surface area (TPSA) is 74.6 Å². The molecule has 0 spiro atoms. The van der Waals surface area contributed by atoms with E-state index in [-0.39, 0.29) is 22.5 Å². The summed E-state index contributed by atoms with van der Waals surface area (Å²) in [6.07, 6.45) is -5.54. The monoisotopic (exact) mass is 412 g/mol. The molecular weight excluding hydrogens is 399 g/mol. The van der Waals surface area contributed by atoms with Crippen LogP contribution >= 0.6 is 0 Å². The second kappa shape index (κ2) is 8.02. The minimum absolute atomic E-state index is 0.0263. The van der Waals surface area contributed by atoms with E-state index in [9.17, 15) is 32.2 Å². The van der Waals surface area contributed by atoms with Gasteiger partial charge in [0.25, 0.3) is 0 Å². The van der Waals surface area contributed by atoms with Crippen LogP contribution < -0.4 is 10.1 Å². The molecule has 0 aliphatic rings. The lowest BCUT2D eigenvalue weighted by molar-refractivity contribution is -0.274. The van der Waals surface area contributed by atoms with Gasteiger partial charge in [-0.2, -0.15) is 0 Å². The van der Waals surface area contributed by atoms with Gasteiger partial charge in [-0.3, -0.25) is 0 Å². The Labute approximate surface area is 161 Å². The third-order valence-electron chi connectivity index (χ3n) is 3.80. The van der Waals surface area contributed by atoms with Crippen molar-refractivity contribution in [2.24, 2.45) is 0 Å². The van der Waals surface area contributed by atoms with E-state index in [0.29, 0.717) is 0 Å². The summed E-state index contributed by atoms with van der Waals surface area (Å²) in [6.45, 7) is 0. The van der Waals surface area contributed by atoms with Gasteiger partial charge in [-0.15, -0.1) is 13.2 Å². The number of hydrogen-bond donors (Lipinski definition) is 3. The SMILES string of the molecule is OC(O)c1cccnc1Nc1c(F)cc(-c2cccc(OC(F)(F)F)c2)cc1F. The molecule has 0 fully saturated rings. The van der Waals surface area contributed by atoms with E-state index in [0.717, 1.165) is 24.3 Å². The van der Waals surface area contributed by atoms with Gasteiger partial charge < -0.3 is 20.3 Å². The first-order valence-electron chi connectivity index (χ1n) is 8.07. The van der Waals surface area contributed by atoms with Crippen molar-refractivity contribution in [3.63, 3.8) is 0 Å². The molecule has 0 saturated heterocycles. The molecular formula is C19H13F5N2O3. The molecule has 0 bridgehead atoms. The highest BCUT2D eigenvalue weighted by atomic mass is 19.4. The second-order valence-corrected chi connectivity index (χ2v) is 5.83. The number of hydrogen-bond acceptors (Lipinski definition) is 5. The number of halogens is 5. The number of aliphatic hydroxyl groups excluding tert-OH is 1. The van der Waals surface area contributed by atoms with Crippen molar-refractivity contribution in [2.45, 2.75) is 12.7 Å². The summed E-state index contributed by atoms with van der Waals surface area (Å²) < 4.78 is 69.9. The van der Waals surface area contributed by atoms with Crippen molar-refractivity contribution in [2.75, 3.05) is 5.32 Å². The number of nitrogens with one attached hydrogen (secondary N) is 1. The Morgan fingerprint density at radius 1 is 0.931 bits per heavy atom. The molecule has 1 aromatic heterocycles. The van der Waals surface area contributed by atoms with Gasteiger partial charge in [0.15, 0.2) is 6.29 Å². The van der Waals surface area contributed by atoms with Crippen molar-refractivity contribution in [1.29, 1.82) is 0 Å². The lowest BCUT2D eigenvalue weighted by Crippen LogP contribution is -2.17. The maximum absolute atomic E-state index is 14.5. The van der Waals surface area contributed by atoms with E-state index in [2.05, 4.69) is 15.0 Å². The van der Waals surface area contributed by atoms with Crippen LogP contribution in [-0.2, 0) is 0 Å². The lowest BCUT2D eigenvalue weighted by Gasteiger charge is -2.14. The molecule has 3 aromatic rings. The highest BCUT2D eigenvalue weighted by Gasteiger charge is 2.31. The number of anilines is 2. The number of nitrogens with zero attached hydrogens (tertiary/aromatic N) is 1. The summed E-state index contributed by atoms with van der Waals surface area (Å²) >= 11 is 0. The molecule has 3 N–H and O–H groups in total. The molecule has 0 unspecified atom stereocenters. The van der Waals surface area contributed by atoms with Crippen LogP contribution in [0.5, 0.6) is 5.75 Å². The van der Waals surface area contributed by atoms with Crippen LogP contribution in [0, 0.1) is 11.6 Å². The Hall–Kier alpha value is -3.24. The molecule has 10 heteroatoms. The number of alkyl halides is 3. The van der Waals surface area contributed by atoms with Gasteiger partial charge in [-0.1, -0.05) is 12.1 Å². The van der Waals surface area contributed by atoms with Crippen molar-refractivity contribution >= 4 is 11.5 Å². The van der Waals surface area contributed by atoms with Crippen molar-refractivity contribution in [3.05, 3.63) is 71.9 Å². The van der Waals surface area contributed by atoms with E-state index < -0.39 is 35.7 Å². The second-order valence-electron chi connectivity index (χ2n) is 5.83. The predicted octanol–water partition coefficient (Wildman–Crippen LogP) is 4.65. The zero-order valence-electron chi connectivity index (χ0n) is 14.4. The van der Waals surface area contributed by atoms with E-state index in [1.165, 1.54) is 30.5 Å². The standard InChI is InChI=1S/C19H13F5N2O3/c20-14-8-11(10-3-1-4-12(7-10)29-19(22,23)24)9-15(21)16(14)26-17-13(18(27)28)5-2-6-25-17/h1-9,18,27-28H,(H,25,26). The Bertz CT molecular complexity index is 1000. The van der Waals surface area contributed by atoms with Crippen LogP contribution in [0.3, 0.4) is 0 Å². The van der Waals surface area contributed by atoms with Crippen LogP contribution in [-0.4, -0.2) is 21.6 Å². The summed E-state index contributed by atoms with van der Waals surface area (Å²) in [7, 11) is 0. The van der Waals surface area contributed by atoms with Gasteiger partial charge in [0.05, 0.1) is 5.56 Å². The fourth-order valence-electron chi connectivity index (χ4n) is 2.58. The van der Waals surface area contributed by atoms with Crippen LogP contribution in [0.25, 0.3) is 11.1 Å². The lowest BCUT2D eigenvalue weighted by atomic mass is 10.0. The Balaban J connectivity index is 1.94. The number of ether oxygens (including phenoxy) is 1. The smallest absolute Gasteiger partial charge is 0.406 e. The molecule has 0 radical (unpaired) electrons. The summed E-state index contributed by atoms with van der Waals surface area (Å²) in [5.41, 5.74) is -0.647. The van der Waals surface area contributed by atoms with Gasteiger partial charge >= 0.3 is 6.36 Å². The minimum atomic E-state index is -4.90. The summed E-state index contributed by atoms with van der Waals surface area (Å²) in [6, 6.07) is 9.20. The quantitative estimate of drug-likeness (QED) is 0.420. The van der Waals surface area contributed by atoms with E-state index in [4.69, 9.17) is 0 Å². The molecule has 152 valence electrons. The maximum atomic E-state index is 14.5. The summed E-state index contributed by atoms with van der Waals surface area (Å²) in [5.74, 6) is -2.83. The number of rotatable bonds is 5. The predicted molar refractivity (Wildman–Crippen MR) is 93.2 cm³/mol. The average Bonchev–Trinajstić information content (AvgIpc) is 2.63. The van der Waals surface area contributed by atoms with Crippen LogP contribution in [0.1, 0.15) is 11.9 Å². The van der Waals surface area contributed by atoms with Crippen LogP contribution in [0.15, 0.2) is 54.7 Å². The number of benzene rings is 2. The van der Waals surface area contributed by atoms with Crippen molar-refractivity contribution in [1.82, 2.24) is 4.98 Å².